The molecule has 8 aromatic heterocycles. The van der Waals surface area contributed by atoms with Gasteiger partial charge < -0.3 is 18.9 Å². The van der Waals surface area contributed by atoms with Crippen LogP contribution in [-0.4, -0.2) is 124 Å². The second-order valence-corrected chi connectivity index (χ2v) is 20.6. The van der Waals surface area contributed by atoms with E-state index in [1.807, 2.05) is 115 Å². The van der Waals surface area contributed by atoms with Crippen LogP contribution < -0.4 is 41.7 Å². The number of hydrogen-bond donors (Lipinski definition) is 0. The van der Waals surface area contributed by atoms with Gasteiger partial charge in [-0.3, -0.25) is 4.98 Å². The Morgan fingerprint density at radius 3 is 1.01 bits per heavy atom. The third-order valence-electron chi connectivity index (χ3n) is 13.7. The van der Waals surface area contributed by atoms with E-state index in [4.69, 9.17) is 18.9 Å². The zero-order valence-electron chi connectivity index (χ0n) is 52.2. The van der Waals surface area contributed by atoms with Crippen LogP contribution >= 0.6 is 0 Å². The van der Waals surface area contributed by atoms with Crippen LogP contribution in [-0.2, 0) is 54.6 Å². The van der Waals surface area contributed by atoms with Crippen LogP contribution in [0.3, 0.4) is 0 Å². The molecule has 0 atom stereocenters. The summed E-state index contributed by atoms with van der Waals surface area (Å²) in [6.45, 7) is 16.1. The maximum atomic E-state index is 12.1. The molecule has 0 unspecified atom stereocenters. The lowest BCUT2D eigenvalue weighted by Gasteiger charge is -2.12. The highest BCUT2D eigenvalue weighted by Gasteiger charge is 2.19. The highest BCUT2D eigenvalue weighted by molar-refractivity contribution is 5.47. The second-order valence-electron chi connectivity index (χ2n) is 20.6. The fourth-order valence-corrected chi connectivity index (χ4v) is 8.48. The van der Waals surface area contributed by atoms with Crippen LogP contribution in [0.2, 0.25) is 0 Å². The molecule has 0 saturated carbocycles. The van der Waals surface area contributed by atoms with Crippen molar-refractivity contribution < 1.29 is 18.9 Å². The van der Waals surface area contributed by atoms with Gasteiger partial charge in [-0.1, -0.05) is 53.6 Å². The fourth-order valence-electron chi connectivity index (χ4n) is 8.48. The third-order valence-corrected chi connectivity index (χ3v) is 13.7. The van der Waals surface area contributed by atoms with Crippen LogP contribution in [0, 0.1) is 55.4 Å². The topological polar surface area (TPSA) is 364 Å². The Morgan fingerprint density at radius 2 is 0.674 bits per heavy atom. The number of tetrazole rings is 4. The zero-order chi connectivity index (χ0) is 65.6. The van der Waals surface area contributed by atoms with Crippen molar-refractivity contribution in [3.05, 3.63) is 225 Å². The highest BCUT2D eigenvalue weighted by atomic mass is 16.5. The molecular formula is C59H63N25O8. The SMILES string of the molecule is Cc1ccc(OCc2c(C)cccc2-n2nnn(C)c2=O)nn1.Cc1cnc(OCc2c(C)cccc2-n2nnn(C)c2=O)cn1.Cc1cnc(OCc2c(C)cccc2-n2nnn(C)c2=O)nc1.Cc1cnc(OCc2c(C)cccc2-n2nnn(C)c2=O)nn1. The van der Waals surface area contributed by atoms with Crippen molar-refractivity contribution in [3.8, 4) is 46.5 Å². The fraction of sp³-hybridized carbons (Fsp3) is 0.271. The average molecular weight is 1250 g/mol. The van der Waals surface area contributed by atoms with E-state index in [-0.39, 0.29) is 61.2 Å². The maximum absolute atomic E-state index is 12.1. The predicted octanol–water partition coefficient (Wildman–Crippen LogP) is 3.20. The summed E-state index contributed by atoms with van der Waals surface area (Å²) >= 11 is 0. The molecule has 0 aliphatic heterocycles. The summed E-state index contributed by atoms with van der Waals surface area (Å²) in [6.07, 6.45) is 8.17. The maximum Gasteiger partial charge on any atom is 0.368 e. The van der Waals surface area contributed by atoms with Gasteiger partial charge in [-0.05, 0) is 155 Å². The smallest absolute Gasteiger partial charge is 0.368 e. The molecule has 0 N–H and O–H groups in total. The van der Waals surface area contributed by atoms with Gasteiger partial charge in [-0.2, -0.15) is 42.6 Å². The number of benzene rings is 4. The van der Waals surface area contributed by atoms with Gasteiger partial charge in [0.15, 0.2) is 0 Å². The Bertz CT molecular complexity index is 4130. The van der Waals surface area contributed by atoms with Gasteiger partial charge >= 0.3 is 34.8 Å². The minimum absolute atomic E-state index is 0.177. The van der Waals surface area contributed by atoms with Crippen molar-refractivity contribution >= 4 is 0 Å². The first-order valence-electron chi connectivity index (χ1n) is 28.1. The van der Waals surface area contributed by atoms with E-state index in [2.05, 4.69) is 87.0 Å². The minimum Gasteiger partial charge on any atom is -0.472 e. The zero-order valence-corrected chi connectivity index (χ0v) is 52.2. The standard InChI is InChI=1S/3C15H16N6O2.C14H15N7O2/c1-10-7-16-14(17-8-10)23-9-12-11(2)5-4-6-13(12)21-15(22)20(3)18-19-21;1-10-5-4-6-13(21-15(22)20(3)18-19-21)12(10)9-23-14-8-16-11(2)7-17-14;1-10-5-4-6-13(21-15(22)20(3)18-19-21)12(10)9-23-14-8-7-11(2)16-17-14;1-9-5-4-6-12(21-14(22)20(3)18-19-21)11(9)8-23-13-15-7-10(2)16-17-13/h3*4-8H,9H2,1-3H3;4-7H,8H2,1-3H3. The average Bonchev–Trinajstić information content (AvgIpc) is 1.62. The summed E-state index contributed by atoms with van der Waals surface area (Å²) in [5, 5.41) is 46.2. The summed E-state index contributed by atoms with van der Waals surface area (Å²) in [6, 6.07) is 26.5. The third kappa shape index (κ3) is 15.6. The number of rotatable bonds is 16. The summed E-state index contributed by atoms with van der Waals surface area (Å²) < 4.78 is 32.3. The molecule has 0 radical (unpaired) electrons. The van der Waals surface area contributed by atoms with E-state index in [0.717, 1.165) is 61.5 Å². The molecule has 33 heteroatoms. The first-order chi connectivity index (χ1) is 44.2. The number of hydrogen-bond acceptors (Lipinski definition) is 25. The van der Waals surface area contributed by atoms with E-state index < -0.39 is 0 Å². The van der Waals surface area contributed by atoms with Crippen LogP contribution in [0.15, 0.2) is 135 Å². The molecule has 472 valence electrons. The van der Waals surface area contributed by atoms with E-state index in [0.29, 0.717) is 40.2 Å². The number of aryl methyl sites for hydroxylation is 12. The molecular weight excluding hydrogens is 1190 g/mol. The summed E-state index contributed by atoms with van der Waals surface area (Å²) in [7, 11) is 6.21. The van der Waals surface area contributed by atoms with E-state index in [1.54, 1.807) is 84.3 Å². The lowest BCUT2D eigenvalue weighted by Crippen LogP contribution is -2.23. The Morgan fingerprint density at radius 1 is 0.315 bits per heavy atom. The molecule has 0 spiro atoms. The molecule has 12 aromatic rings. The van der Waals surface area contributed by atoms with Gasteiger partial charge in [0.2, 0.25) is 11.8 Å². The van der Waals surface area contributed by atoms with Crippen LogP contribution in [0.4, 0.5) is 0 Å². The lowest BCUT2D eigenvalue weighted by atomic mass is 10.1. The molecule has 0 amide bonds. The Labute approximate surface area is 523 Å². The monoisotopic (exact) mass is 1250 g/mol. The van der Waals surface area contributed by atoms with Crippen molar-refractivity contribution in [2.24, 2.45) is 28.2 Å². The second kappa shape index (κ2) is 29.2. The van der Waals surface area contributed by atoms with Crippen LogP contribution in [0.5, 0.6) is 23.8 Å². The molecule has 0 aliphatic rings. The molecule has 0 bridgehead atoms. The first kappa shape index (κ1) is 64.3. The molecule has 12 rings (SSSR count). The van der Waals surface area contributed by atoms with E-state index >= 15 is 0 Å². The quantitative estimate of drug-likeness (QED) is 0.134. The molecule has 0 aliphatic carbocycles. The van der Waals surface area contributed by atoms with Crippen molar-refractivity contribution in [2.45, 2.75) is 81.8 Å². The summed E-state index contributed by atoms with van der Waals surface area (Å²) in [5.74, 6) is 0.854. The Balaban J connectivity index is 0.000000145. The largest absolute Gasteiger partial charge is 0.472 e. The summed E-state index contributed by atoms with van der Waals surface area (Å²) in [5.41, 5.74) is 11.8. The highest BCUT2D eigenvalue weighted by Crippen LogP contribution is 2.23. The van der Waals surface area contributed by atoms with Gasteiger partial charge in [0.1, 0.15) is 26.4 Å². The molecule has 0 saturated heterocycles. The normalized spacial score (nSPS) is 10.7. The molecule has 92 heavy (non-hydrogen) atoms. The van der Waals surface area contributed by atoms with Crippen LogP contribution in [0.1, 0.15) is 67.2 Å². The van der Waals surface area contributed by atoms with Gasteiger partial charge in [0.25, 0.3) is 0 Å². The van der Waals surface area contributed by atoms with Crippen molar-refractivity contribution in [3.63, 3.8) is 0 Å². The Hall–Kier alpha value is -12.2. The van der Waals surface area contributed by atoms with Crippen LogP contribution in [0.25, 0.3) is 22.7 Å². The van der Waals surface area contributed by atoms with E-state index in [9.17, 15) is 19.2 Å². The molecule has 4 aromatic carbocycles. The summed E-state index contributed by atoms with van der Waals surface area (Å²) in [4.78, 5) is 68.9. The number of aromatic nitrogens is 25. The van der Waals surface area contributed by atoms with Gasteiger partial charge in [0, 0.05) is 68.9 Å². The number of ether oxygens (including phenoxy) is 4. The van der Waals surface area contributed by atoms with Crippen molar-refractivity contribution in [1.29, 1.82) is 0 Å². The van der Waals surface area contributed by atoms with Gasteiger partial charge in [-0.25, -0.2) is 39.1 Å². The molecule has 0 fully saturated rings. The lowest BCUT2D eigenvalue weighted by molar-refractivity contribution is 0.275. The minimum atomic E-state index is -0.329. The predicted molar refractivity (Wildman–Crippen MR) is 328 cm³/mol. The number of nitrogens with zero attached hydrogens (tertiary/aromatic N) is 25. The molecule has 8 heterocycles. The molecule has 33 nitrogen and oxygen atoms in total. The van der Waals surface area contributed by atoms with Gasteiger partial charge in [-0.15, -0.1) is 10.2 Å². The van der Waals surface area contributed by atoms with Crippen molar-refractivity contribution in [1.82, 2.24) is 124 Å². The first-order valence-corrected chi connectivity index (χ1v) is 28.1. The Kier molecular flexibility index (Phi) is 20.4. The van der Waals surface area contributed by atoms with Crippen molar-refractivity contribution in [2.75, 3.05) is 0 Å². The van der Waals surface area contributed by atoms with E-state index in [1.165, 1.54) is 37.5 Å². The van der Waals surface area contributed by atoms with Gasteiger partial charge in [0.05, 0.1) is 58.4 Å².